The van der Waals surface area contributed by atoms with Crippen LogP contribution < -0.4 is 10.5 Å². The van der Waals surface area contributed by atoms with Crippen molar-refractivity contribution in [1.82, 2.24) is 0 Å². The average Bonchev–Trinajstić information content (AvgIpc) is 2.06. The molecule has 1 aromatic rings. The molecule has 0 saturated heterocycles. The van der Waals surface area contributed by atoms with Crippen LogP contribution in [0.1, 0.15) is 25.0 Å². The summed E-state index contributed by atoms with van der Waals surface area (Å²) in [7, 11) is 1.66. The van der Waals surface area contributed by atoms with E-state index in [4.69, 9.17) is 10.5 Å². The summed E-state index contributed by atoms with van der Waals surface area (Å²) in [4.78, 5) is 0. The van der Waals surface area contributed by atoms with E-state index in [-0.39, 0.29) is 5.54 Å². The molecule has 14 heavy (non-hydrogen) atoms. The highest BCUT2D eigenvalue weighted by Crippen LogP contribution is 2.32. The molecule has 2 N–H and O–H groups in total. The van der Waals surface area contributed by atoms with Gasteiger partial charge < -0.3 is 10.5 Å². The fourth-order valence-corrected chi connectivity index (χ4v) is 2.01. The van der Waals surface area contributed by atoms with Crippen molar-refractivity contribution in [2.24, 2.45) is 5.73 Å². The highest BCUT2D eigenvalue weighted by Gasteiger charge is 2.18. The minimum absolute atomic E-state index is 0.321. The number of benzene rings is 1. The summed E-state index contributed by atoms with van der Waals surface area (Å²) in [5.74, 6) is 0.843. The van der Waals surface area contributed by atoms with Gasteiger partial charge in [0.15, 0.2) is 0 Å². The van der Waals surface area contributed by atoms with Crippen molar-refractivity contribution in [3.8, 4) is 5.75 Å². The van der Waals surface area contributed by atoms with Crippen LogP contribution in [0.5, 0.6) is 5.75 Å². The van der Waals surface area contributed by atoms with Gasteiger partial charge in [0.05, 0.1) is 11.6 Å². The predicted molar refractivity (Wildman–Crippen MR) is 62.6 cm³/mol. The summed E-state index contributed by atoms with van der Waals surface area (Å²) < 4.78 is 6.15. The largest absolute Gasteiger partial charge is 0.496 e. The first-order valence-electron chi connectivity index (χ1n) is 4.49. The van der Waals surface area contributed by atoms with Gasteiger partial charge in [-0.1, -0.05) is 0 Å². The summed E-state index contributed by atoms with van der Waals surface area (Å²) in [5, 5.41) is 0. The van der Waals surface area contributed by atoms with Gasteiger partial charge in [0, 0.05) is 5.54 Å². The Hall–Kier alpha value is -0.540. The minimum atomic E-state index is -0.321. The molecule has 0 radical (unpaired) electrons. The molecule has 0 aliphatic rings. The van der Waals surface area contributed by atoms with Crippen molar-refractivity contribution in [3.05, 3.63) is 27.7 Å². The van der Waals surface area contributed by atoms with Gasteiger partial charge in [-0.15, -0.1) is 0 Å². The molecule has 0 aliphatic carbocycles. The fraction of sp³-hybridized carbons (Fsp3) is 0.455. The lowest BCUT2D eigenvalue weighted by molar-refractivity contribution is 0.411. The Morgan fingerprint density at radius 2 is 1.93 bits per heavy atom. The second-order valence-electron chi connectivity index (χ2n) is 4.02. The Balaban J connectivity index is 3.29. The number of nitrogens with two attached hydrogens (primary N) is 1. The SMILES string of the molecule is COc1cc(C)c(C(C)(C)N)cc1Br. The topological polar surface area (TPSA) is 35.2 Å². The van der Waals surface area contributed by atoms with E-state index in [9.17, 15) is 0 Å². The molecular formula is C11H16BrNO. The second-order valence-corrected chi connectivity index (χ2v) is 4.88. The van der Waals surface area contributed by atoms with Crippen LogP contribution in [0.3, 0.4) is 0 Å². The Bertz CT molecular complexity index is 342. The van der Waals surface area contributed by atoms with E-state index in [1.54, 1.807) is 7.11 Å². The summed E-state index contributed by atoms with van der Waals surface area (Å²) >= 11 is 3.45. The van der Waals surface area contributed by atoms with Gasteiger partial charge in [-0.3, -0.25) is 0 Å². The number of halogens is 1. The van der Waals surface area contributed by atoms with Crippen LogP contribution >= 0.6 is 15.9 Å². The number of rotatable bonds is 2. The quantitative estimate of drug-likeness (QED) is 0.885. The summed E-state index contributed by atoms with van der Waals surface area (Å²) in [6, 6.07) is 4.02. The standard InChI is InChI=1S/C11H16BrNO/c1-7-5-10(14-4)9(12)6-8(7)11(2,3)13/h5-6H,13H2,1-4H3. The molecule has 0 fully saturated rings. The number of aryl methyl sites for hydroxylation is 1. The number of methoxy groups -OCH3 is 1. The van der Waals surface area contributed by atoms with E-state index in [0.29, 0.717) is 0 Å². The van der Waals surface area contributed by atoms with Gasteiger partial charge >= 0.3 is 0 Å². The first-order valence-corrected chi connectivity index (χ1v) is 5.29. The fourth-order valence-electron chi connectivity index (χ4n) is 1.51. The van der Waals surface area contributed by atoms with E-state index in [1.165, 1.54) is 0 Å². The van der Waals surface area contributed by atoms with Crippen LogP contribution in [-0.2, 0) is 5.54 Å². The Labute approximate surface area is 93.6 Å². The zero-order valence-electron chi connectivity index (χ0n) is 9.02. The maximum atomic E-state index is 6.06. The first-order chi connectivity index (χ1) is 6.36. The zero-order valence-corrected chi connectivity index (χ0v) is 10.6. The molecule has 1 rings (SSSR count). The monoisotopic (exact) mass is 257 g/mol. The molecule has 0 spiro atoms. The van der Waals surface area contributed by atoms with Crippen LogP contribution in [0, 0.1) is 6.92 Å². The van der Waals surface area contributed by atoms with Crippen LogP contribution in [0.25, 0.3) is 0 Å². The Morgan fingerprint density at radius 1 is 1.36 bits per heavy atom. The third-order valence-corrected chi connectivity index (χ3v) is 2.81. The second kappa shape index (κ2) is 3.91. The molecular weight excluding hydrogens is 242 g/mol. The Morgan fingerprint density at radius 3 is 2.36 bits per heavy atom. The molecule has 0 amide bonds. The Kier molecular flexibility index (Phi) is 3.22. The van der Waals surface area contributed by atoms with Gasteiger partial charge in [0.2, 0.25) is 0 Å². The third-order valence-electron chi connectivity index (χ3n) is 2.19. The number of hydrogen-bond acceptors (Lipinski definition) is 2. The van der Waals surface area contributed by atoms with Gasteiger partial charge in [0.25, 0.3) is 0 Å². The highest BCUT2D eigenvalue weighted by molar-refractivity contribution is 9.10. The van der Waals surface area contributed by atoms with Crippen molar-refractivity contribution >= 4 is 15.9 Å². The van der Waals surface area contributed by atoms with Gasteiger partial charge in [0.1, 0.15) is 5.75 Å². The van der Waals surface area contributed by atoms with Crippen molar-refractivity contribution in [1.29, 1.82) is 0 Å². The minimum Gasteiger partial charge on any atom is -0.496 e. The third kappa shape index (κ3) is 2.28. The zero-order chi connectivity index (χ0) is 10.9. The van der Waals surface area contributed by atoms with Crippen molar-refractivity contribution in [2.45, 2.75) is 26.3 Å². The maximum absolute atomic E-state index is 6.06. The molecule has 78 valence electrons. The molecule has 0 atom stereocenters. The van der Waals surface area contributed by atoms with Gasteiger partial charge in [-0.2, -0.15) is 0 Å². The molecule has 3 heteroatoms. The molecule has 2 nitrogen and oxygen atoms in total. The van der Waals surface area contributed by atoms with Gasteiger partial charge in [-0.05, 0) is 60.0 Å². The normalized spacial score (nSPS) is 11.6. The van der Waals surface area contributed by atoms with E-state index in [1.807, 2.05) is 32.9 Å². The average molecular weight is 258 g/mol. The summed E-state index contributed by atoms with van der Waals surface area (Å²) in [6.45, 7) is 6.03. The van der Waals surface area contributed by atoms with E-state index >= 15 is 0 Å². The lowest BCUT2D eigenvalue weighted by atomic mass is 9.91. The van der Waals surface area contributed by atoms with E-state index in [0.717, 1.165) is 21.3 Å². The van der Waals surface area contributed by atoms with E-state index in [2.05, 4.69) is 15.9 Å². The van der Waals surface area contributed by atoms with Crippen LogP contribution in [0.2, 0.25) is 0 Å². The smallest absolute Gasteiger partial charge is 0.133 e. The molecule has 0 saturated carbocycles. The summed E-state index contributed by atoms with van der Waals surface area (Å²) in [6.07, 6.45) is 0. The summed E-state index contributed by atoms with van der Waals surface area (Å²) in [5.41, 5.74) is 8.02. The molecule has 0 aromatic heterocycles. The van der Waals surface area contributed by atoms with Crippen molar-refractivity contribution < 1.29 is 4.74 Å². The molecule has 0 unspecified atom stereocenters. The molecule has 1 aromatic carbocycles. The lowest BCUT2D eigenvalue weighted by Gasteiger charge is -2.22. The van der Waals surface area contributed by atoms with Crippen LogP contribution in [-0.4, -0.2) is 7.11 Å². The predicted octanol–water partition coefficient (Wildman–Crippen LogP) is 2.96. The maximum Gasteiger partial charge on any atom is 0.133 e. The van der Waals surface area contributed by atoms with E-state index < -0.39 is 0 Å². The highest BCUT2D eigenvalue weighted by atomic mass is 79.9. The van der Waals surface area contributed by atoms with Crippen LogP contribution in [0.4, 0.5) is 0 Å². The molecule has 0 aliphatic heterocycles. The van der Waals surface area contributed by atoms with Crippen molar-refractivity contribution in [3.63, 3.8) is 0 Å². The number of ether oxygens (including phenoxy) is 1. The number of hydrogen-bond donors (Lipinski definition) is 1. The first kappa shape index (κ1) is 11.5. The van der Waals surface area contributed by atoms with Crippen molar-refractivity contribution in [2.75, 3.05) is 7.11 Å². The molecule has 0 heterocycles. The molecule has 0 bridgehead atoms. The van der Waals surface area contributed by atoms with Gasteiger partial charge in [-0.25, -0.2) is 0 Å². The van der Waals surface area contributed by atoms with Crippen LogP contribution in [0.15, 0.2) is 16.6 Å². The lowest BCUT2D eigenvalue weighted by Crippen LogP contribution is -2.29.